The molecule has 0 aliphatic heterocycles. The molecule has 0 spiro atoms. The van der Waals surface area contributed by atoms with E-state index in [1.165, 1.54) is 0 Å². The average Bonchev–Trinajstić information content (AvgIpc) is 2.77. The summed E-state index contributed by atoms with van der Waals surface area (Å²) in [7, 11) is 1.91. The molecule has 18 heavy (non-hydrogen) atoms. The van der Waals surface area contributed by atoms with Gasteiger partial charge >= 0.3 is 0 Å². The molecule has 0 amide bonds. The Balaban J connectivity index is 2.29. The van der Waals surface area contributed by atoms with E-state index >= 15 is 0 Å². The first-order valence-electron chi connectivity index (χ1n) is 6.51. The van der Waals surface area contributed by atoms with Crippen molar-refractivity contribution in [2.45, 2.75) is 39.2 Å². The lowest BCUT2D eigenvalue weighted by Gasteiger charge is -2.21. The van der Waals surface area contributed by atoms with Crippen molar-refractivity contribution in [3.63, 3.8) is 0 Å². The van der Waals surface area contributed by atoms with E-state index in [2.05, 4.69) is 41.2 Å². The van der Waals surface area contributed by atoms with Crippen LogP contribution in [0.25, 0.3) is 11.0 Å². The van der Waals surface area contributed by atoms with Crippen LogP contribution in [0.4, 0.5) is 0 Å². The second-order valence-corrected chi connectivity index (χ2v) is 4.80. The van der Waals surface area contributed by atoms with E-state index in [1.807, 2.05) is 13.2 Å². The third-order valence-electron chi connectivity index (χ3n) is 3.46. The molecule has 2 unspecified atom stereocenters. The number of nitrogens with one attached hydrogen (secondary N) is 1. The van der Waals surface area contributed by atoms with Crippen LogP contribution in [0.2, 0.25) is 0 Å². The maximum atomic E-state index is 4.44. The van der Waals surface area contributed by atoms with Crippen LogP contribution in [0, 0.1) is 0 Å². The Morgan fingerprint density at radius 3 is 2.83 bits per heavy atom. The molecule has 0 aliphatic rings. The number of hydrogen-bond donors (Lipinski definition) is 1. The van der Waals surface area contributed by atoms with Gasteiger partial charge in [-0.25, -0.2) is 9.97 Å². The standard InChI is InChI=1S/C13H21N5/c1-5-6-14-10(3)9(2)12-11-7-17-18(4)13(11)16-8-15-12/h7-10,14H,5-6H2,1-4H3. The van der Waals surface area contributed by atoms with Gasteiger partial charge in [0.2, 0.25) is 0 Å². The van der Waals surface area contributed by atoms with E-state index in [9.17, 15) is 0 Å². The summed E-state index contributed by atoms with van der Waals surface area (Å²) in [5.41, 5.74) is 1.97. The summed E-state index contributed by atoms with van der Waals surface area (Å²) in [6, 6.07) is 0.392. The van der Waals surface area contributed by atoms with Crippen molar-refractivity contribution < 1.29 is 0 Å². The van der Waals surface area contributed by atoms with Crippen LogP contribution < -0.4 is 5.32 Å². The highest BCUT2D eigenvalue weighted by molar-refractivity contribution is 5.77. The van der Waals surface area contributed by atoms with Crippen molar-refractivity contribution in [3.05, 3.63) is 18.2 Å². The molecular formula is C13H21N5. The molecule has 5 nitrogen and oxygen atoms in total. The van der Waals surface area contributed by atoms with E-state index in [-0.39, 0.29) is 0 Å². The smallest absolute Gasteiger partial charge is 0.161 e. The number of aromatic nitrogens is 4. The lowest BCUT2D eigenvalue weighted by atomic mass is 9.97. The zero-order valence-electron chi connectivity index (χ0n) is 11.5. The first kappa shape index (κ1) is 13.0. The molecule has 0 bridgehead atoms. The summed E-state index contributed by atoms with van der Waals surface area (Å²) in [6.07, 6.45) is 4.62. The van der Waals surface area contributed by atoms with Crippen LogP contribution in [0.15, 0.2) is 12.5 Å². The molecule has 2 atom stereocenters. The molecule has 0 fully saturated rings. The molecule has 2 rings (SSSR count). The van der Waals surface area contributed by atoms with Gasteiger partial charge in [0.15, 0.2) is 5.65 Å². The summed E-state index contributed by atoms with van der Waals surface area (Å²) < 4.78 is 1.79. The lowest BCUT2D eigenvalue weighted by Crippen LogP contribution is -2.31. The van der Waals surface area contributed by atoms with E-state index in [4.69, 9.17) is 0 Å². The molecule has 2 aromatic heterocycles. The molecule has 1 N–H and O–H groups in total. The van der Waals surface area contributed by atoms with Crippen molar-refractivity contribution in [1.29, 1.82) is 0 Å². The predicted molar refractivity (Wildman–Crippen MR) is 72.5 cm³/mol. The van der Waals surface area contributed by atoms with Gasteiger partial charge in [0, 0.05) is 19.0 Å². The number of rotatable bonds is 5. The highest BCUT2D eigenvalue weighted by Gasteiger charge is 2.19. The highest BCUT2D eigenvalue weighted by Crippen LogP contribution is 2.23. The van der Waals surface area contributed by atoms with Gasteiger partial charge in [0.1, 0.15) is 6.33 Å². The van der Waals surface area contributed by atoms with Gasteiger partial charge in [-0.1, -0.05) is 13.8 Å². The summed E-state index contributed by atoms with van der Waals surface area (Å²) in [5.74, 6) is 0.339. The van der Waals surface area contributed by atoms with E-state index in [1.54, 1.807) is 11.0 Å². The normalized spacial score (nSPS) is 14.9. The Labute approximate surface area is 108 Å². The Bertz CT molecular complexity index is 519. The van der Waals surface area contributed by atoms with Gasteiger partial charge < -0.3 is 5.32 Å². The minimum atomic E-state index is 0.339. The van der Waals surface area contributed by atoms with Crippen molar-refractivity contribution >= 4 is 11.0 Å². The fourth-order valence-corrected chi connectivity index (χ4v) is 2.13. The quantitative estimate of drug-likeness (QED) is 0.876. The molecular weight excluding hydrogens is 226 g/mol. The summed E-state index contributed by atoms with van der Waals surface area (Å²) in [6.45, 7) is 7.61. The molecule has 0 aromatic carbocycles. The minimum absolute atomic E-state index is 0.339. The first-order valence-corrected chi connectivity index (χ1v) is 6.51. The molecule has 2 heterocycles. The van der Waals surface area contributed by atoms with Crippen LogP contribution in [0.3, 0.4) is 0 Å². The van der Waals surface area contributed by atoms with Crippen LogP contribution in [-0.2, 0) is 7.05 Å². The summed E-state index contributed by atoms with van der Waals surface area (Å²) >= 11 is 0. The zero-order valence-corrected chi connectivity index (χ0v) is 11.5. The van der Waals surface area contributed by atoms with Crippen molar-refractivity contribution in [2.24, 2.45) is 7.05 Å². The fourth-order valence-electron chi connectivity index (χ4n) is 2.13. The SMILES string of the molecule is CCCNC(C)C(C)c1ncnc2c1cnn2C. The Kier molecular flexibility index (Phi) is 3.91. The molecule has 0 saturated carbocycles. The van der Waals surface area contributed by atoms with Crippen LogP contribution in [-0.4, -0.2) is 32.3 Å². The van der Waals surface area contributed by atoms with Gasteiger partial charge in [0.25, 0.3) is 0 Å². The third-order valence-corrected chi connectivity index (χ3v) is 3.46. The molecule has 0 aliphatic carbocycles. The minimum Gasteiger partial charge on any atom is -0.314 e. The molecule has 0 saturated heterocycles. The summed E-state index contributed by atoms with van der Waals surface area (Å²) in [4.78, 5) is 8.72. The van der Waals surface area contributed by atoms with Gasteiger partial charge in [-0.2, -0.15) is 5.10 Å². The first-order chi connectivity index (χ1) is 8.65. The maximum Gasteiger partial charge on any atom is 0.161 e. The average molecular weight is 247 g/mol. The second kappa shape index (κ2) is 5.44. The fraction of sp³-hybridized carbons (Fsp3) is 0.615. The van der Waals surface area contributed by atoms with Gasteiger partial charge in [-0.15, -0.1) is 0 Å². The molecule has 98 valence electrons. The van der Waals surface area contributed by atoms with Gasteiger partial charge in [0.05, 0.1) is 17.3 Å². The number of hydrogen-bond acceptors (Lipinski definition) is 4. The van der Waals surface area contributed by atoms with Crippen LogP contribution in [0.1, 0.15) is 38.8 Å². The predicted octanol–water partition coefficient (Wildman–Crippen LogP) is 1.85. The number of fused-ring (bicyclic) bond motifs is 1. The third kappa shape index (κ3) is 2.36. The topological polar surface area (TPSA) is 55.6 Å². The lowest BCUT2D eigenvalue weighted by molar-refractivity contribution is 0.476. The van der Waals surface area contributed by atoms with Crippen molar-refractivity contribution in [3.8, 4) is 0 Å². The van der Waals surface area contributed by atoms with E-state index in [0.29, 0.717) is 12.0 Å². The number of nitrogens with zero attached hydrogens (tertiary/aromatic N) is 4. The van der Waals surface area contributed by atoms with E-state index < -0.39 is 0 Å². The van der Waals surface area contributed by atoms with Crippen molar-refractivity contribution in [2.75, 3.05) is 6.54 Å². The molecule has 5 heteroatoms. The Morgan fingerprint density at radius 2 is 2.11 bits per heavy atom. The molecule has 2 aromatic rings. The summed E-state index contributed by atoms with van der Waals surface area (Å²) in [5, 5.41) is 8.82. The Morgan fingerprint density at radius 1 is 1.33 bits per heavy atom. The van der Waals surface area contributed by atoms with Gasteiger partial charge in [-0.3, -0.25) is 4.68 Å². The van der Waals surface area contributed by atoms with Crippen molar-refractivity contribution in [1.82, 2.24) is 25.1 Å². The largest absolute Gasteiger partial charge is 0.314 e. The van der Waals surface area contributed by atoms with Gasteiger partial charge in [-0.05, 0) is 19.9 Å². The second-order valence-electron chi connectivity index (χ2n) is 4.80. The van der Waals surface area contributed by atoms with Crippen LogP contribution in [0.5, 0.6) is 0 Å². The monoisotopic (exact) mass is 247 g/mol. The highest BCUT2D eigenvalue weighted by atomic mass is 15.3. The zero-order chi connectivity index (χ0) is 13.1. The maximum absolute atomic E-state index is 4.44. The van der Waals surface area contributed by atoms with Crippen LogP contribution >= 0.6 is 0 Å². The van der Waals surface area contributed by atoms with E-state index in [0.717, 1.165) is 29.7 Å². The Hall–Kier alpha value is -1.49. The number of aryl methyl sites for hydroxylation is 1. The molecule has 0 radical (unpaired) electrons.